The number of rotatable bonds is 6. The minimum atomic E-state index is -3.71. The van der Waals surface area contributed by atoms with Gasteiger partial charge in [0.25, 0.3) is 0 Å². The largest absolute Gasteiger partial charge is 0.497 e. The molecule has 1 heterocycles. The third-order valence-electron chi connectivity index (χ3n) is 5.09. The lowest BCUT2D eigenvalue weighted by Crippen LogP contribution is -2.48. The average Bonchev–Trinajstić information content (AvgIpc) is 2.86. The topological polar surface area (TPSA) is 76.2 Å². The molecule has 30 heavy (non-hydrogen) atoms. The quantitative estimate of drug-likeness (QED) is 0.645. The van der Waals surface area contributed by atoms with Gasteiger partial charge in [0.15, 0.2) is 0 Å². The van der Waals surface area contributed by atoms with Crippen LogP contribution in [0.2, 0.25) is 0 Å². The van der Waals surface area contributed by atoms with Crippen molar-refractivity contribution >= 4 is 16.0 Å². The van der Waals surface area contributed by atoms with E-state index in [0.717, 1.165) is 11.1 Å². The molecule has 2 aromatic rings. The van der Waals surface area contributed by atoms with Crippen LogP contribution in [0, 0.1) is 5.82 Å². The van der Waals surface area contributed by atoms with Crippen LogP contribution >= 0.6 is 0 Å². The number of methoxy groups -OCH3 is 2. The van der Waals surface area contributed by atoms with E-state index in [1.54, 1.807) is 43.5 Å². The molecule has 0 spiro atoms. The van der Waals surface area contributed by atoms with Crippen LogP contribution < -0.4 is 4.74 Å². The molecule has 0 aliphatic carbocycles. The van der Waals surface area contributed by atoms with Crippen molar-refractivity contribution in [2.24, 2.45) is 0 Å². The summed E-state index contributed by atoms with van der Waals surface area (Å²) in [6.07, 6.45) is 0. The predicted octanol–water partition coefficient (Wildman–Crippen LogP) is 2.02. The fourth-order valence-corrected chi connectivity index (χ4v) is 5.03. The molecule has 1 aliphatic heterocycles. The Bertz CT molecular complexity index is 964. The normalized spacial score (nSPS) is 19.8. The number of ether oxygens (including phenoxy) is 2. The summed E-state index contributed by atoms with van der Waals surface area (Å²) >= 11 is 0. The Balaban J connectivity index is 1.85. The molecule has 0 amide bonds. The molecule has 9 heteroatoms. The van der Waals surface area contributed by atoms with Gasteiger partial charge in [-0.3, -0.25) is 9.69 Å². The lowest BCUT2D eigenvalue weighted by Gasteiger charge is -2.28. The van der Waals surface area contributed by atoms with Gasteiger partial charge >= 0.3 is 5.97 Å². The van der Waals surface area contributed by atoms with Crippen LogP contribution in [-0.4, -0.2) is 62.7 Å². The molecule has 0 aromatic heterocycles. The summed E-state index contributed by atoms with van der Waals surface area (Å²) < 4.78 is 50.5. The zero-order valence-corrected chi connectivity index (χ0v) is 17.8. The Hall–Kier alpha value is -2.49. The van der Waals surface area contributed by atoms with Gasteiger partial charge in [0.2, 0.25) is 10.0 Å². The van der Waals surface area contributed by atoms with Crippen molar-refractivity contribution in [3.8, 4) is 5.75 Å². The van der Waals surface area contributed by atoms with E-state index in [1.165, 1.54) is 23.5 Å². The summed E-state index contributed by atoms with van der Waals surface area (Å²) in [6.45, 7) is 0.891. The average molecular weight is 437 g/mol. The first-order valence-electron chi connectivity index (χ1n) is 9.49. The van der Waals surface area contributed by atoms with Crippen molar-refractivity contribution in [1.82, 2.24) is 9.21 Å². The predicted molar refractivity (Wildman–Crippen MR) is 110 cm³/mol. The summed E-state index contributed by atoms with van der Waals surface area (Å²) in [4.78, 5) is 14.4. The zero-order valence-electron chi connectivity index (χ0n) is 17.0. The fourth-order valence-electron chi connectivity index (χ4n) is 3.42. The van der Waals surface area contributed by atoms with Gasteiger partial charge in [0, 0.05) is 26.2 Å². The first-order chi connectivity index (χ1) is 14.3. The Morgan fingerprint density at radius 2 is 1.63 bits per heavy atom. The van der Waals surface area contributed by atoms with Gasteiger partial charge in [-0.1, -0.05) is 24.3 Å². The first-order valence-corrected chi connectivity index (χ1v) is 11.1. The maximum absolute atomic E-state index is 13.2. The molecule has 7 nitrogen and oxygen atoms in total. The highest BCUT2D eigenvalue weighted by Gasteiger charge is 2.39. The van der Waals surface area contributed by atoms with Crippen LogP contribution in [0.15, 0.2) is 48.5 Å². The maximum atomic E-state index is 13.2. The second-order valence-electron chi connectivity index (χ2n) is 7.11. The van der Waals surface area contributed by atoms with Crippen molar-refractivity contribution in [2.75, 3.05) is 33.1 Å². The van der Waals surface area contributed by atoms with Gasteiger partial charge in [-0.2, -0.15) is 4.31 Å². The second-order valence-corrected chi connectivity index (χ2v) is 9.15. The standard InChI is InChI=1S/C21H25FN2O5S/c1-28-19-9-5-17(6-10-19)14-24-20(21(25)29-2)15-23(11-12-30(24,26)27)13-16-3-7-18(22)8-4-16/h3-10,20H,11-15H2,1-2H3. The number of carbonyl (C=O) groups is 1. The van der Waals surface area contributed by atoms with Crippen molar-refractivity contribution < 1.29 is 27.1 Å². The molecular formula is C21H25FN2O5S. The molecule has 2 aromatic carbocycles. The number of benzene rings is 2. The van der Waals surface area contributed by atoms with Gasteiger partial charge in [0.1, 0.15) is 17.6 Å². The van der Waals surface area contributed by atoms with E-state index in [2.05, 4.69) is 0 Å². The number of sulfonamides is 1. The minimum absolute atomic E-state index is 0.0521. The molecule has 1 aliphatic rings. The monoisotopic (exact) mass is 436 g/mol. The number of halogens is 1. The number of esters is 1. The van der Waals surface area contributed by atoms with Gasteiger partial charge in [0.05, 0.1) is 20.0 Å². The lowest BCUT2D eigenvalue weighted by atomic mass is 10.1. The van der Waals surface area contributed by atoms with Crippen LogP contribution in [-0.2, 0) is 32.6 Å². The summed E-state index contributed by atoms with van der Waals surface area (Å²) in [7, 11) is -0.912. The summed E-state index contributed by atoms with van der Waals surface area (Å²) in [5.74, 6) is -0.418. The van der Waals surface area contributed by atoms with Crippen LogP contribution in [0.5, 0.6) is 5.75 Å². The highest BCUT2D eigenvalue weighted by Crippen LogP contribution is 2.22. The highest BCUT2D eigenvalue weighted by atomic mass is 32.2. The maximum Gasteiger partial charge on any atom is 0.325 e. The minimum Gasteiger partial charge on any atom is -0.497 e. The molecule has 1 fully saturated rings. The lowest BCUT2D eigenvalue weighted by molar-refractivity contribution is -0.145. The van der Waals surface area contributed by atoms with E-state index in [-0.39, 0.29) is 31.2 Å². The van der Waals surface area contributed by atoms with Gasteiger partial charge < -0.3 is 9.47 Å². The Morgan fingerprint density at radius 1 is 1.03 bits per heavy atom. The molecule has 0 bridgehead atoms. The van der Waals surface area contributed by atoms with Crippen molar-refractivity contribution in [1.29, 1.82) is 0 Å². The third kappa shape index (κ3) is 5.35. The summed E-state index contributed by atoms with van der Waals surface area (Å²) in [5.41, 5.74) is 1.57. The first kappa shape index (κ1) is 22.2. The van der Waals surface area contributed by atoms with E-state index in [4.69, 9.17) is 9.47 Å². The fraction of sp³-hybridized carbons (Fsp3) is 0.381. The highest BCUT2D eigenvalue weighted by molar-refractivity contribution is 7.89. The molecule has 0 radical (unpaired) electrons. The molecule has 0 saturated carbocycles. The van der Waals surface area contributed by atoms with E-state index in [0.29, 0.717) is 12.3 Å². The van der Waals surface area contributed by atoms with E-state index >= 15 is 0 Å². The van der Waals surface area contributed by atoms with Crippen LogP contribution in [0.1, 0.15) is 11.1 Å². The molecule has 162 valence electrons. The van der Waals surface area contributed by atoms with E-state index in [1.807, 2.05) is 4.90 Å². The van der Waals surface area contributed by atoms with E-state index < -0.39 is 22.0 Å². The second kappa shape index (κ2) is 9.55. The molecule has 1 atom stereocenters. The molecule has 3 rings (SSSR count). The number of hydrogen-bond acceptors (Lipinski definition) is 6. The molecule has 1 saturated heterocycles. The number of hydrogen-bond donors (Lipinski definition) is 0. The van der Waals surface area contributed by atoms with Crippen molar-refractivity contribution in [3.63, 3.8) is 0 Å². The molecule has 1 unspecified atom stereocenters. The van der Waals surface area contributed by atoms with Gasteiger partial charge in [-0.05, 0) is 35.4 Å². The molecular weight excluding hydrogens is 411 g/mol. The van der Waals surface area contributed by atoms with Gasteiger partial charge in [-0.15, -0.1) is 0 Å². The Labute approximate surface area is 176 Å². The summed E-state index contributed by atoms with van der Waals surface area (Å²) in [5, 5.41) is 0. The third-order valence-corrected chi connectivity index (χ3v) is 6.89. The van der Waals surface area contributed by atoms with Crippen molar-refractivity contribution in [3.05, 3.63) is 65.5 Å². The van der Waals surface area contributed by atoms with Gasteiger partial charge in [-0.25, -0.2) is 12.8 Å². The smallest absolute Gasteiger partial charge is 0.325 e. The van der Waals surface area contributed by atoms with Crippen molar-refractivity contribution in [2.45, 2.75) is 19.1 Å². The Morgan fingerprint density at radius 3 is 2.23 bits per heavy atom. The molecule has 0 N–H and O–H groups in total. The van der Waals surface area contributed by atoms with Crippen LogP contribution in [0.25, 0.3) is 0 Å². The zero-order chi connectivity index (χ0) is 21.7. The Kier molecular flexibility index (Phi) is 7.06. The van der Waals surface area contributed by atoms with Crippen LogP contribution in [0.3, 0.4) is 0 Å². The number of carbonyl (C=O) groups excluding carboxylic acids is 1. The van der Waals surface area contributed by atoms with E-state index in [9.17, 15) is 17.6 Å². The van der Waals surface area contributed by atoms with Crippen LogP contribution in [0.4, 0.5) is 4.39 Å². The number of nitrogens with zero attached hydrogens (tertiary/aromatic N) is 2. The summed E-state index contributed by atoms with van der Waals surface area (Å²) in [6, 6.07) is 12.1. The SMILES string of the molecule is COC(=O)C1CN(Cc2ccc(F)cc2)CCS(=O)(=O)N1Cc1ccc(OC)cc1.